The van der Waals surface area contributed by atoms with E-state index in [4.69, 9.17) is 5.11 Å². The van der Waals surface area contributed by atoms with Gasteiger partial charge in [-0.2, -0.15) is 5.10 Å². The van der Waals surface area contributed by atoms with Crippen LogP contribution < -0.4 is 11.0 Å². The molecular weight excluding hydrogens is 373 g/mol. The summed E-state index contributed by atoms with van der Waals surface area (Å²) in [5, 5.41) is 14.5. The van der Waals surface area contributed by atoms with E-state index in [2.05, 4.69) is 26.0 Å². The van der Waals surface area contributed by atoms with Crippen molar-refractivity contribution in [2.75, 3.05) is 6.54 Å². The molecule has 1 amide bonds. The van der Waals surface area contributed by atoms with Gasteiger partial charge in [0.05, 0.1) is 24.8 Å². The van der Waals surface area contributed by atoms with Gasteiger partial charge in [0.15, 0.2) is 0 Å². The molecule has 2 rings (SSSR count). The number of aromatic nitrogens is 4. The van der Waals surface area contributed by atoms with Gasteiger partial charge in [-0.3, -0.25) is 0 Å². The summed E-state index contributed by atoms with van der Waals surface area (Å²) in [5.41, 5.74) is 0.957. The first-order chi connectivity index (χ1) is 10.9. The molecule has 0 fully saturated rings. The largest absolute Gasteiger partial charge is 0.465 e. The van der Waals surface area contributed by atoms with Gasteiger partial charge in [0.1, 0.15) is 10.9 Å². The van der Waals surface area contributed by atoms with Crippen molar-refractivity contribution in [3.63, 3.8) is 0 Å². The highest BCUT2D eigenvalue weighted by Crippen LogP contribution is 2.15. The molecule has 0 aromatic carbocycles. The minimum Gasteiger partial charge on any atom is -0.465 e. The fourth-order valence-electron chi connectivity index (χ4n) is 1.89. The van der Waals surface area contributed by atoms with Gasteiger partial charge >= 0.3 is 11.8 Å². The predicted octanol–water partition coefficient (Wildman–Crippen LogP) is 1.62. The molecule has 8 nitrogen and oxygen atoms in total. The number of carboxylic acid groups (broad SMARTS) is 1. The Morgan fingerprint density at radius 3 is 2.91 bits per heavy atom. The lowest BCUT2D eigenvalue weighted by Gasteiger charge is -2.06. The van der Waals surface area contributed by atoms with Crippen molar-refractivity contribution in [3.05, 3.63) is 51.1 Å². The molecule has 0 saturated heterocycles. The van der Waals surface area contributed by atoms with Crippen molar-refractivity contribution < 1.29 is 14.3 Å². The van der Waals surface area contributed by atoms with Crippen molar-refractivity contribution in [2.45, 2.75) is 13.5 Å². The van der Waals surface area contributed by atoms with E-state index >= 15 is 0 Å². The number of amides is 1. The van der Waals surface area contributed by atoms with Crippen LogP contribution in [0.25, 0.3) is 5.69 Å². The van der Waals surface area contributed by atoms with Crippen LogP contribution in [-0.4, -0.2) is 37.1 Å². The van der Waals surface area contributed by atoms with E-state index in [-0.39, 0.29) is 25.0 Å². The number of nitrogens with zero attached hydrogens (tertiary/aromatic N) is 4. The van der Waals surface area contributed by atoms with Crippen molar-refractivity contribution >= 4 is 22.0 Å². The van der Waals surface area contributed by atoms with Gasteiger partial charge in [0, 0.05) is 6.54 Å². The summed E-state index contributed by atoms with van der Waals surface area (Å²) in [5.74, 6) is 0. The normalized spacial score (nSPS) is 11.5. The number of nitrogens with one attached hydrogen (secondary N) is 1. The molecule has 2 aromatic heterocycles. The Morgan fingerprint density at radius 2 is 2.30 bits per heavy atom. The molecule has 2 heterocycles. The number of halogens is 2. The van der Waals surface area contributed by atoms with Gasteiger partial charge in [-0.15, -0.1) is 0 Å². The van der Waals surface area contributed by atoms with Crippen LogP contribution >= 0.6 is 15.9 Å². The number of rotatable bonds is 5. The minimum atomic E-state index is -1.28. The number of hydrogen-bond acceptors (Lipinski definition) is 4. The van der Waals surface area contributed by atoms with Crippen LogP contribution in [0.2, 0.25) is 0 Å². The van der Waals surface area contributed by atoms with E-state index in [1.165, 1.54) is 17.1 Å². The number of pyridine rings is 1. The van der Waals surface area contributed by atoms with Gasteiger partial charge in [-0.1, -0.05) is 0 Å². The summed E-state index contributed by atoms with van der Waals surface area (Å²) >= 11 is 3.24. The van der Waals surface area contributed by atoms with Crippen molar-refractivity contribution in [1.82, 2.24) is 24.6 Å². The maximum Gasteiger partial charge on any atom is 0.404 e. The molecule has 0 bridgehead atoms. The maximum absolute atomic E-state index is 12.8. The lowest BCUT2D eigenvalue weighted by Crippen LogP contribution is -2.29. The average molecular weight is 386 g/mol. The van der Waals surface area contributed by atoms with Crippen LogP contribution in [-0.2, 0) is 6.54 Å². The second kappa shape index (κ2) is 7.18. The molecule has 0 saturated carbocycles. The van der Waals surface area contributed by atoms with E-state index in [0.717, 1.165) is 10.2 Å². The van der Waals surface area contributed by atoms with Crippen molar-refractivity contribution in [3.8, 4) is 5.69 Å². The molecule has 0 spiro atoms. The highest BCUT2D eigenvalue weighted by molar-refractivity contribution is 9.10. The van der Waals surface area contributed by atoms with Crippen LogP contribution in [0.4, 0.5) is 9.18 Å². The topological polar surface area (TPSA) is 102 Å². The third-order valence-corrected chi connectivity index (χ3v) is 3.45. The zero-order valence-electron chi connectivity index (χ0n) is 12.0. The van der Waals surface area contributed by atoms with E-state index in [0.29, 0.717) is 10.3 Å². The summed E-state index contributed by atoms with van der Waals surface area (Å²) in [4.78, 5) is 26.8. The molecule has 0 aliphatic rings. The molecule has 0 atom stereocenters. The zero-order chi connectivity index (χ0) is 17.0. The molecule has 0 unspecified atom stereocenters. The van der Waals surface area contributed by atoms with Crippen LogP contribution in [0.15, 0.2) is 39.9 Å². The van der Waals surface area contributed by atoms with Gasteiger partial charge in [-0.25, -0.2) is 28.2 Å². The Labute approximate surface area is 138 Å². The molecule has 0 aliphatic carbocycles. The fraction of sp³-hybridized carbons (Fsp3) is 0.231. The number of carbonyl (C=O) groups is 1. The Hall–Kier alpha value is -2.49. The van der Waals surface area contributed by atoms with E-state index < -0.39 is 11.8 Å². The molecule has 10 heteroatoms. The summed E-state index contributed by atoms with van der Waals surface area (Å²) < 4.78 is 15.8. The third-order valence-electron chi connectivity index (χ3n) is 3.02. The summed E-state index contributed by atoms with van der Waals surface area (Å²) in [6.07, 6.45) is 1.80. The van der Waals surface area contributed by atoms with Crippen LogP contribution in [0.1, 0.15) is 5.56 Å². The van der Waals surface area contributed by atoms with Crippen LogP contribution in [0.3, 0.4) is 0 Å². The maximum atomic E-state index is 12.8. The van der Waals surface area contributed by atoms with Crippen molar-refractivity contribution in [1.29, 1.82) is 0 Å². The summed E-state index contributed by atoms with van der Waals surface area (Å²) in [6.45, 7) is 1.42. The molecule has 0 radical (unpaired) electrons. The van der Waals surface area contributed by atoms with E-state index in [1.54, 1.807) is 6.07 Å². The highest BCUT2D eigenvalue weighted by atomic mass is 79.9. The first kappa shape index (κ1) is 16.9. The lowest BCUT2D eigenvalue weighted by atomic mass is 10.2. The van der Waals surface area contributed by atoms with Crippen LogP contribution in [0.5, 0.6) is 0 Å². The molecule has 23 heavy (non-hydrogen) atoms. The molecule has 0 aliphatic heterocycles. The zero-order valence-corrected chi connectivity index (χ0v) is 13.6. The Bertz CT molecular complexity index is 814. The van der Waals surface area contributed by atoms with E-state index in [1.807, 2.05) is 12.2 Å². The second-order valence-corrected chi connectivity index (χ2v) is 5.47. The summed E-state index contributed by atoms with van der Waals surface area (Å²) in [7, 11) is 0. The third kappa shape index (κ3) is 4.03. The van der Waals surface area contributed by atoms with Crippen molar-refractivity contribution in [2.24, 2.45) is 0 Å². The van der Waals surface area contributed by atoms with Gasteiger partial charge < -0.3 is 10.4 Å². The highest BCUT2D eigenvalue weighted by Gasteiger charge is 2.12. The molecule has 122 valence electrons. The number of hydrogen-bond donors (Lipinski definition) is 2. The summed E-state index contributed by atoms with van der Waals surface area (Å²) in [6, 6.07) is 1.75. The smallest absolute Gasteiger partial charge is 0.404 e. The monoisotopic (exact) mass is 385 g/mol. The fourth-order valence-corrected chi connectivity index (χ4v) is 2.33. The molecule has 2 aromatic rings. The Morgan fingerprint density at radius 1 is 1.57 bits per heavy atom. The molecule has 2 N–H and O–H groups in total. The average Bonchev–Trinajstić information content (AvgIpc) is 2.84. The van der Waals surface area contributed by atoms with Gasteiger partial charge in [0.25, 0.3) is 0 Å². The standard InChI is InChI=1S/C13H13BrFN5O3/c1-8-2-11(14)16-5-10(8)19-7-18-20(13(19)23)6-9(3-15)4-17-12(21)22/h2-3,5,7,17H,4,6H2,1H3,(H,21,22). The van der Waals surface area contributed by atoms with Gasteiger partial charge in [-0.05, 0) is 40.1 Å². The predicted molar refractivity (Wildman–Crippen MR) is 83.3 cm³/mol. The first-order valence-electron chi connectivity index (χ1n) is 6.44. The quantitative estimate of drug-likeness (QED) is 0.761. The van der Waals surface area contributed by atoms with Crippen LogP contribution in [0, 0.1) is 6.92 Å². The number of aryl methyl sites for hydroxylation is 1. The van der Waals surface area contributed by atoms with E-state index in [9.17, 15) is 14.0 Å². The van der Waals surface area contributed by atoms with Gasteiger partial charge in [0.2, 0.25) is 0 Å². The Balaban J connectivity index is 2.25. The molecular formula is C13H13BrFN5O3. The Kier molecular flexibility index (Phi) is 5.27. The lowest BCUT2D eigenvalue weighted by molar-refractivity contribution is 0.195. The SMILES string of the molecule is Cc1cc(Br)ncc1-n1cnn(CC(=CF)CNC(=O)O)c1=O. The first-order valence-corrected chi connectivity index (χ1v) is 7.23. The minimum absolute atomic E-state index is 0.0744. The second-order valence-electron chi connectivity index (χ2n) is 4.66.